The molecule has 2 nitrogen and oxygen atoms in total. The Kier molecular flexibility index (Phi) is 2.42. The molecule has 0 spiro atoms. The minimum Gasteiger partial charge on any atom is -0.306 e. The van der Waals surface area contributed by atoms with Crippen LogP contribution < -0.4 is 5.32 Å². The SMILES string of the molecule is CC1(c2nc3ccc(Cl)cc3s2)CCCN1. The first-order valence-corrected chi connectivity index (χ1v) is 6.68. The molecule has 0 saturated carbocycles. The largest absolute Gasteiger partial charge is 0.306 e. The van der Waals surface area contributed by atoms with Crippen molar-refractivity contribution < 1.29 is 0 Å². The van der Waals surface area contributed by atoms with Crippen molar-refractivity contribution in [2.45, 2.75) is 25.3 Å². The van der Waals surface area contributed by atoms with E-state index in [1.807, 2.05) is 18.2 Å². The number of benzene rings is 1. The number of thiazole rings is 1. The van der Waals surface area contributed by atoms with Crippen LogP contribution in [0.15, 0.2) is 18.2 Å². The van der Waals surface area contributed by atoms with Crippen molar-refractivity contribution in [3.8, 4) is 0 Å². The van der Waals surface area contributed by atoms with E-state index in [1.165, 1.54) is 22.5 Å². The van der Waals surface area contributed by atoms with E-state index in [9.17, 15) is 0 Å². The van der Waals surface area contributed by atoms with Crippen LogP contribution in [0, 0.1) is 0 Å². The maximum atomic E-state index is 5.99. The number of hydrogen-bond donors (Lipinski definition) is 1. The van der Waals surface area contributed by atoms with Crippen molar-refractivity contribution in [2.75, 3.05) is 6.54 Å². The summed E-state index contributed by atoms with van der Waals surface area (Å²) >= 11 is 7.74. The average molecular weight is 253 g/mol. The molecular weight excluding hydrogens is 240 g/mol. The highest BCUT2D eigenvalue weighted by Gasteiger charge is 2.33. The third-order valence-corrected chi connectivity index (χ3v) is 4.71. The molecule has 84 valence electrons. The first-order chi connectivity index (χ1) is 7.67. The Labute approximate surface area is 104 Å². The summed E-state index contributed by atoms with van der Waals surface area (Å²) in [4.78, 5) is 4.70. The van der Waals surface area contributed by atoms with Crippen LogP contribution >= 0.6 is 22.9 Å². The highest BCUT2D eigenvalue weighted by molar-refractivity contribution is 7.18. The third-order valence-electron chi connectivity index (χ3n) is 3.19. The maximum Gasteiger partial charge on any atom is 0.114 e. The number of fused-ring (bicyclic) bond motifs is 1. The van der Waals surface area contributed by atoms with Crippen molar-refractivity contribution in [2.24, 2.45) is 0 Å². The molecule has 0 radical (unpaired) electrons. The zero-order chi connectivity index (χ0) is 11.2. The van der Waals surface area contributed by atoms with Gasteiger partial charge in [-0.1, -0.05) is 11.6 Å². The van der Waals surface area contributed by atoms with Gasteiger partial charge in [0.25, 0.3) is 0 Å². The van der Waals surface area contributed by atoms with Crippen LogP contribution in [-0.2, 0) is 5.54 Å². The Bertz CT molecular complexity index is 529. The molecule has 0 amide bonds. The molecule has 1 aromatic carbocycles. The lowest BCUT2D eigenvalue weighted by Gasteiger charge is -2.20. The van der Waals surface area contributed by atoms with Gasteiger partial charge in [0.2, 0.25) is 0 Å². The summed E-state index contributed by atoms with van der Waals surface area (Å²) in [6, 6.07) is 5.89. The predicted molar refractivity (Wildman–Crippen MR) is 69.2 cm³/mol. The fourth-order valence-electron chi connectivity index (χ4n) is 2.21. The molecule has 1 N–H and O–H groups in total. The monoisotopic (exact) mass is 252 g/mol. The second-order valence-corrected chi connectivity index (χ2v) is 5.96. The molecule has 1 aliphatic rings. The molecule has 1 atom stereocenters. The van der Waals surface area contributed by atoms with Crippen LogP contribution in [0.4, 0.5) is 0 Å². The van der Waals surface area contributed by atoms with Gasteiger partial charge in [0.1, 0.15) is 5.01 Å². The number of nitrogens with one attached hydrogen (secondary N) is 1. The number of rotatable bonds is 1. The Morgan fingerprint density at radius 2 is 2.38 bits per heavy atom. The van der Waals surface area contributed by atoms with Crippen LogP contribution in [-0.4, -0.2) is 11.5 Å². The van der Waals surface area contributed by atoms with Crippen LogP contribution in [0.1, 0.15) is 24.8 Å². The summed E-state index contributed by atoms with van der Waals surface area (Å²) in [6.07, 6.45) is 2.40. The van der Waals surface area contributed by atoms with E-state index in [1.54, 1.807) is 11.3 Å². The first kappa shape index (κ1) is 10.5. The van der Waals surface area contributed by atoms with Gasteiger partial charge in [-0.15, -0.1) is 11.3 Å². The Hall–Kier alpha value is -0.640. The summed E-state index contributed by atoms with van der Waals surface area (Å²) in [7, 11) is 0. The Morgan fingerprint density at radius 3 is 3.12 bits per heavy atom. The highest BCUT2D eigenvalue weighted by atomic mass is 35.5. The predicted octanol–water partition coefficient (Wildman–Crippen LogP) is 3.55. The summed E-state index contributed by atoms with van der Waals surface area (Å²) in [5.74, 6) is 0. The lowest BCUT2D eigenvalue weighted by atomic mass is 10.0. The molecule has 2 heterocycles. The van der Waals surface area contributed by atoms with E-state index in [-0.39, 0.29) is 5.54 Å². The summed E-state index contributed by atoms with van der Waals surface area (Å²) in [5, 5.41) is 5.51. The fraction of sp³-hybridized carbons (Fsp3) is 0.417. The van der Waals surface area contributed by atoms with Crippen LogP contribution in [0.5, 0.6) is 0 Å². The first-order valence-electron chi connectivity index (χ1n) is 5.49. The molecule has 1 aliphatic heterocycles. The van der Waals surface area contributed by atoms with Crippen LogP contribution in [0.2, 0.25) is 5.02 Å². The van der Waals surface area contributed by atoms with E-state index in [0.29, 0.717) is 0 Å². The lowest BCUT2D eigenvalue weighted by molar-refractivity contribution is 0.433. The minimum atomic E-state index is 0.0656. The number of halogens is 1. The van der Waals surface area contributed by atoms with Gasteiger partial charge < -0.3 is 5.32 Å². The molecule has 0 aliphatic carbocycles. The summed E-state index contributed by atoms with van der Waals surface area (Å²) in [5.41, 5.74) is 1.12. The molecule has 1 aromatic heterocycles. The van der Waals surface area contributed by atoms with Crippen molar-refractivity contribution in [3.63, 3.8) is 0 Å². The van der Waals surface area contributed by atoms with Gasteiger partial charge in [-0.25, -0.2) is 4.98 Å². The minimum absolute atomic E-state index is 0.0656. The Balaban J connectivity index is 2.11. The van der Waals surface area contributed by atoms with E-state index >= 15 is 0 Å². The molecule has 16 heavy (non-hydrogen) atoms. The summed E-state index contributed by atoms with van der Waals surface area (Å²) < 4.78 is 1.18. The second kappa shape index (κ2) is 3.69. The molecule has 1 saturated heterocycles. The molecule has 3 rings (SSSR count). The van der Waals surface area contributed by atoms with Crippen molar-refractivity contribution >= 4 is 33.2 Å². The van der Waals surface area contributed by atoms with Gasteiger partial charge >= 0.3 is 0 Å². The van der Waals surface area contributed by atoms with E-state index in [4.69, 9.17) is 16.6 Å². The number of nitrogens with zero attached hydrogens (tertiary/aromatic N) is 1. The average Bonchev–Trinajstić information content (AvgIpc) is 2.84. The van der Waals surface area contributed by atoms with Crippen LogP contribution in [0.3, 0.4) is 0 Å². The fourth-order valence-corrected chi connectivity index (χ4v) is 3.60. The third kappa shape index (κ3) is 1.63. The molecule has 4 heteroatoms. The summed E-state index contributed by atoms with van der Waals surface area (Å²) in [6.45, 7) is 3.33. The second-order valence-electron chi connectivity index (χ2n) is 4.49. The van der Waals surface area contributed by atoms with Crippen molar-refractivity contribution in [1.82, 2.24) is 10.3 Å². The maximum absolute atomic E-state index is 5.99. The van der Waals surface area contributed by atoms with Gasteiger partial charge in [0.15, 0.2) is 0 Å². The van der Waals surface area contributed by atoms with Gasteiger partial charge in [-0.2, -0.15) is 0 Å². The van der Waals surface area contributed by atoms with Crippen molar-refractivity contribution in [3.05, 3.63) is 28.2 Å². The lowest BCUT2D eigenvalue weighted by Crippen LogP contribution is -2.32. The van der Waals surface area contributed by atoms with Crippen molar-refractivity contribution in [1.29, 1.82) is 0 Å². The highest BCUT2D eigenvalue weighted by Crippen LogP contribution is 2.36. The number of aromatic nitrogens is 1. The molecular formula is C12H13ClN2S. The van der Waals surface area contributed by atoms with E-state index in [2.05, 4.69) is 12.2 Å². The number of hydrogen-bond acceptors (Lipinski definition) is 3. The zero-order valence-electron chi connectivity index (χ0n) is 9.09. The molecule has 2 aromatic rings. The standard InChI is InChI=1S/C12H13ClN2S/c1-12(5-2-6-14-12)11-15-9-4-3-8(13)7-10(9)16-11/h3-4,7,14H,2,5-6H2,1H3. The topological polar surface area (TPSA) is 24.9 Å². The molecule has 1 fully saturated rings. The zero-order valence-corrected chi connectivity index (χ0v) is 10.7. The smallest absolute Gasteiger partial charge is 0.114 e. The Morgan fingerprint density at radius 1 is 1.50 bits per heavy atom. The quantitative estimate of drug-likeness (QED) is 0.840. The van der Waals surface area contributed by atoms with Crippen LogP contribution in [0.25, 0.3) is 10.2 Å². The van der Waals surface area contributed by atoms with Gasteiger partial charge in [-0.3, -0.25) is 0 Å². The molecule has 0 bridgehead atoms. The molecule has 1 unspecified atom stereocenters. The van der Waals surface area contributed by atoms with Gasteiger partial charge in [-0.05, 0) is 44.5 Å². The normalized spacial score (nSPS) is 25.4. The van der Waals surface area contributed by atoms with E-state index < -0.39 is 0 Å². The van der Waals surface area contributed by atoms with Gasteiger partial charge in [0, 0.05) is 5.02 Å². The van der Waals surface area contributed by atoms with Gasteiger partial charge in [0.05, 0.1) is 15.8 Å². The van der Waals surface area contributed by atoms with E-state index in [0.717, 1.165) is 17.1 Å².